The summed E-state index contributed by atoms with van der Waals surface area (Å²) in [4.78, 5) is 18.5. The fourth-order valence-corrected chi connectivity index (χ4v) is 1.79. The van der Waals surface area contributed by atoms with Crippen LogP contribution in [0.2, 0.25) is 0 Å². The van der Waals surface area contributed by atoms with Crippen LogP contribution in [0.4, 0.5) is 23.1 Å². The molecule has 0 radical (unpaired) electrons. The van der Waals surface area contributed by atoms with Crippen molar-refractivity contribution in [2.24, 2.45) is 12.9 Å². The third-order valence-corrected chi connectivity index (χ3v) is 2.64. The molecule has 0 fully saturated rings. The molecule has 0 aliphatic rings. The first-order valence-corrected chi connectivity index (χ1v) is 5.69. The van der Waals surface area contributed by atoms with Gasteiger partial charge in [-0.25, -0.2) is 10.8 Å². The van der Waals surface area contributed by atoms with E-state index in [0.717, 1.165) is 0 Å². The van der Waals surface area contributed by atoms with Crippen LogP contribution in [0.3, 0.4) is 0 Å². The number of hydrogen-bond donors (Lipinski definition) is 3. The summed E-state index contributed by atoms with van der Waals surface area (Å²) in [5.74, 6) is 5.41. The summed E-state index contributed by atoms with van der Waals surface area (Å²) in [6, 6.07) is 0. The van der Waals surface area contributed by atoms with Crippen molar-refractivity contribution in [1.82, 2.24) is 19.7 Å². The average molecular weight is 278 g/mol. The fraction of sp³-hybridized carbons (Fsp3) is 0.300. The van der Waals surface area contributed by atoms with Crippen molar-refractivity contribution in [3.8, 4) is 0 Å². The Hall–Kier alpha value is -2.75. The summed E-state index contributed by atoms with van der Waals surface area (Å²) < 4.78 is 1.60. The van der Waals surface area contributed by atoms with Gasteiger partial charge in [-0.15, -0.1) is 0 Å². The maximum Gasteiger partial charge on any atom is 0.332 e. The van der Waals surface area contributed by atoms with Crippen LogP contribution < -0.4 is 16.6 Å². The number of nitrogens with two attached hydrogens (primary N) is 1. The first-order valence-electron chi connectivity index (χ1n) is 5.69. The predicted octanol–water partition coefficient (Wildman–Crippen LogP) is 0.764. The highest BCUT2D eigenvalue weighted by Crippen LogP contribution is 2.29. The van der Waals surface area contributed by atoms with Crippen molar-refractivity contribution in [2.45, 2.75) is 13.8 Å². The van der Waals surface area contributed by atoms with Gasteiger partial charge in [0.2, 0.25) is 11.8 Å². The fourth-order valence-electron chi connectivity index (χ4n) is 1.79. The van der Waals surface area contributed by atoms with Crippen LogP contribution in [0.1, 0.15) is 11.4 Å². The van der Waals surface area contributed by atoms with Gasteiger partial charge in [0.15, 0.2) is 0 Å². The zero-order valence-corrected chi connectivity index (χ0v) is 11.2. The third-order valence-electron chi connectivity index (χ3n) is 2.64. The monoisotopic (exact) mass is 278 g/mol. The second-order valence-corrected chi connectivity index (χ2v) is 4.16. The Labute approximate surface area is 114 Å². The number of hydrazine groups is 1. The Bertz CT molecular complexity index is 666. The number of nitrogens with one attached hydrogen (secondary N) is 2. The standard InChI is InChI=1S/C10H14N8O2/c1-5-7(4-17(3)16-5)13-9-8(18(19)20)6(2)12-10(14-9)15-11/h4H,11H2,1-3H3,(H2,12,13,14,15). The number of anilines is 3. The Morgan fingerprint density at radius 1 is 1.35 bits per heavy atom. The topological polar surface area (TPSA) is 137 Å². The molecule has 0 saturated heterocycles. The molecule has 0 spiro atoms. The highest BCUT2D eigenvalue weighted by molar-refractivity contribution is 5.68. The molecular formula is C10H14N8O2. The van der Waals surface area contributed by atoms with Crippen molar-refractivity contribution >= 4 is 23.1 Å². The summed E-state index contributed by atoms with van der Waals surface area (Å²) in [6.07, 6.45) is 1.70. The molecule has 106 valence electrons. The molecular weight excluding hydrogens is 264 g/mol. The van der Waals surface area contributed by atoms with Gasteiger partial charge in [0.05, 0.1) is 16.3 Å². The zero-order chi connectivity index (χ0) is 14.9. The van der Waals surface area contributed by atoms with E-state index in [4.69, 9.17) is 5.84 Å². The number of hydrogen-bond acceptors (Lipinski definition) is 8. The molecule has 0 aliphatic heterocycles. The first kappa shape index (κ1) is 13.7. The van der Waals surface area contributed by atoms with Crippen LogP contribution in [0.5, 0.6) is 0 Å². The molecule has 10 heteroatoms. The van der Waals surface area contributed by atoms with E-state index in [9.17, 15) is 10.1 Å². The molecule has 0 aliphatic carbocycles. The van der Waals surface area contributed by atoms with Gasteiger partial charge in [-0.1, -0.05) is 0 Å². The molecule has 0 bridgehead atoms. The molecule has 2 aromatic rings. The second-order valence-electron chi connectivity index (χ2n) is 4.16. The summed E-state index contributed by atoms with van der Waals surface area (Å²) in [5, 5.41) is 18.2. The Balaban J connectivity index is 2.51. The van der Waals surface area contributed by atoms with E-state index >= 15 is 0 Å². The van der Waals surface area contributed by atoms with Gasteiger partial charge in [-0.2, -0.15) is 10.1 Å². The lowest BCUT2D eigenvalue weighted by Gasteiger charge is -2.08. The number of rotatable bonds is 4. The first-order chi connectivity index (χ1) is 9.42. The van der Waals surface area contributed by atoms with Gasteiger partial charge in [0.25, 0.3) is 0 Å². The van der Waals surface area contributed by atoms with Crippen LogP contribution in [-0.2, 0) is 7.05 Å². The molecule has 0 saturated carbocycles. The van der Waals surface area contributed by atoms with Crippen molar-refractivity contribution in [3.63, 3.8) is 0 Å². The van der Waals surface area contributed by atoms with Gasteiger partial charge in [-0.05, 0) is 13.8 Å². The van der Waals surface area contributed by atoms with Gasteiger partial charge in [-0.3, -0.25) is 20.2 Å². The molecule has 0 aromatic carbocycles. The molecule has 2 heterocycles. The van der Waals surface area contributed by atoms with Crippen molar-refractivity contribution in [3.05, 3.63) is 27.7 Å². The average Bonchev–Trinajstić information content (AvgIpc) is 2.66. The van der Waals surface area contributed by atoms with Gasteiger partial charge in [0, 0.05) is 13.2 Å². The zero-order valence-electron chi connectivity index (χ0n) is 11.2. The highest BCUT2D eigenvalue weighted by Gasteiger charge is 2.23. The lowest BCUT2D eigenvalue weighted by molar-refractivity contribution is -0.385. The van der Waals surface area contributed by atoms with E-state index in [1.807, 2.05) is 0 Å². The molecule has 10 nitrogen and oxygen atoms in total. The van der Waals surface area contributed by atoms with Crippen molar-refractivity contribution < 1.29 is 4.92 Å². The minimum absolute atomic E-state index is 0.0616. The number of nitrogens with zero attached hydrogens (tertiary/aromatic N) is 5. The largest absolute Gasteiger partial charge is 0.332 e. The van der Waals surface area contributed by atoms with Crippen LogP contribution in [0.25, 0.3) is 0 Å². The van der Waals surface area contributed by atoms with Crippen LogP contribution >= 0.6 is 0 Å². The Morgan fingerprint density at radius 2 is 2.05 bits per heavy atom. The smallest absolute Gasteiger partial charge is 0.331 e. The normalized spacial score (nSPS) is 10.4. The van der Waals surface area contributed by atoms with Crippen molar-refractivity contribution in [1.29, 1.82) is 0 Å². The quantitative estimate of drug-likeness (QED) is 0.423. The van der Waals surface area contributed by atoms with Crippen molar-refractivity contribution in [2.75, 3.05) is 10.7 Å². The maximum atomic E-state index is 11.1. The lowest BCUT2D eigenvalue weighted by Crippen LogP contribution is -2.13. The SMILES string of the molecule is Cc1nn(C)cc1Nc1nc(NN)nc(C)c1[N+](=O)[O-]. The van der Waals surface area contributed by atoms with Crippen LogP contribution in [0.15, 0.2) is 6.20 Å². The van der Waals surface area contributed by atoms with Gasteiger partial charge in [0.1, 0.15) is 5.69 Å². The molecule has 0 amide bonds. The molecule has 2 rings (SSSR count). The molecule has 0 atom stereocenters. The van der Waals surface area contributed by atoms with Crippen LogP contribution in [-0.4, -0.2) is 24.7 Å². The van der Waals surface area contributed by atoms with E-state index in [1.54, 1.807) is 24.9 Å². The van der Waals surface area contributed by atoms with Crippen LogP contribution in [0, 0.1) is 24.0 Å². The molecule has 0 unspecified atom stereocenters. The number of aromatic nitrogens is 4. The van der Waals surface area contributed by atoms with Gasteiger partial charge < -0.3 is 5.32 Å². The van der Waals surface area contributed by atoms with E-state index in [2.05, 4.69) is 25.8 Å². The summed E-state index contributed by atoms with van der Waals surface area (Å²) in [5.41, 5.74) is 3.60. The Kier molecular flexibility index (Phi) is 3.48. The minimum Gasteiger partial charge on any atom is -0.331 e. The maximum absolute atomic E-state index is 11.1. The number of aryl methyl sites for hydroxylation is 3. The molecule has 20 heavy (non-hydrogen) atoms. The predicted molar refractivity (Wildman–Crippen MR) is 72.5 cm³/mol. The second kappa shape index (κ2) is 5.09. The van der Waals surface area contributed by atoms with E-state index in [-0.39, 0.29) is 23.1 Å². The van der Waals surface area contributed by atoms with E-state index in [0.29, 0.717) is 11.4 Å². The highest BCUT2D eigenvalue weighted by atomic mass is 16.6. The Morgan fingerprint density at radius 3 is 2.55 bits per heavy atom. The van der Waals surface area contributed by atoms with E-state index in [1.165, 1.54) is 6.92 Å². The minimum atomic E-state index is -0.538. The summed E-state index contributed by atoms with van der Waals surface area (Å²) >= 11 is 0. The third kappa shape index (κ3) is 2.49. The number of nitro groups is 1. The number of nitrogen functional groups attached to an aromatic ring is 1. The molecule has 2 aromatic heterocycles. The molecule has 4 N–H and O–H groups in total. The summed E-state index contributed by atoms with van der Waals surface area (Å²) in [6.45, 7) is 3.30. The lowest BCUT2D eigenvalue weighted by atomic mass is 10.3. The van der Waals surface area contributed by atoms with E-state index < -0.39 is 4.92 Å². The van der Waals surface area contributed by atoms with Gasteiger partial charge >= 0.3 is 5.69 Å². The summed E-state index contributed by atoms with van der Waals surface area (Å²) in [7, 11) is 1.75.